The van der Waals surface area contributed by atoms with Crippen molar-refractivity contribution in [3.05, 3.63) is 35.4 Å². The van der Waals surface area contributed by atoms with Crippen LogP contribution in [0.15, 0.2) is 24.3 Å². The van der Waals surface area contributed by atoms with Gasteiger partial charge in [0, 0.05) is 13.1 Å². The number of aliphatic hydroxyl groups excluding tert-OH is 1. The third kappa shape index (κ3) is 4.18. The largest absolute Gasteiger partial charge is 0.406 e. The van der Waals surface area contributed by atoms with Crippen LogP contribution < -0.4 is 5.32 Å². The zero-order valence-corrected chi connectivity index (χ0v) is 11.4. The van der Waals surface area contributed by atoms with Crippen molar-refractivity contribution in [2.75, 3.05) is 19.7 Å². The number of aliphatic hydroxyl groups is 1. The van der Waals surface area contributed by atoms with E-state index in [9.17, 15) is 18.0 Å². The Hall–Kier alpha value is -1.60. The first-order valence-electron chi connectivity index (χ1n) is 6.67. The lowest BCUT2D eigenvalue weighted by atomic mass is 9.95. The van der Waals surface area contributed by atoms with Crippen LogP contribution in [0.5, 0.6) is 0 Å². The normalized spacial score (nSPS) is 18.2. The fourth-order valence-corrected chi connectivity index (χ4v) is 2.45. The van der Waals surface area contributed by atoms with Gasteiger partial charge in [0.05, 0.1) is 12.6 Å². The Morgan fingerprint density at radius 1 is 1.33 bits per heavy atom. The molecule has 7 heteroatoms. The van der Waals surface area contributed by atoms with Gasteiger partial charge in [0.2, 0.25) is 5.91 Å². The molecule has 2 rings (SSSR count). The molecule has 0 aromatic heterocycles. The highest BCUT2D eigenvalue weighted by Gasteiger charge is 2.36. The van der Waals surface area contributed by atoms with Gasteiger partial charge in [0.15, 0.2) is 0 Å². The molecule has 116 valence electrons. The van der Waals surface area contributed by atoms with Crippen molar-refractivity contribution in [2.24, 2.45) is 0 Å². The highest BCUT2D eigenvalue weighted by atomic mass is 19.4. The van der Waals surface area contributed by atoms with E-state index in [-0.39, 0.29) is 6.54 Å². The number of fused-ring (bicyclic) bond motifs is 1. The van der Waals surface area contributed by atoms with E-state index in [1.54, 1.807) is 0 Å². The molecule has 0 fully saturated rings. The van der Waals surface area contributed by atoms with Crippen LogP contribution in [0.4, 0.5) is 13.2 Å². The molecule has 4 nitrogen and oxygen atoms in total. The summed E-state index contributed by atoms with van der Waals surface area (Å²) in [6.45, 7) is -1.71. The Morgan fingerprint density at radius 3 is 2.62 bits per heavy atom. The van der Waals surface area contributed by atoms with Gasteiger partial charge in [-0.2, -0.15) is 13.2 Å². The summed E-state index contributed by atoms with van der Waals surface area (Å²) in [6, 6.07) is 6.83. The smallest absolute Gasteiger partial charge is 0.395 e. The Balaban J connectivity index is 2.08. The summed E-state index contributed by atoms with van der Waals surface area (Å²) in [5.74, 6) is -0.629. The first kappa shape index (κ1) is 15.8. The number of hydrogen-bond donors (Lipinski definition) is 2. The van der Waals surface area contributed by atoms with Gasteiger partial charge in [-0.1, -0.05) is 24.3 Å². The second-order valence-corrected chi connectivity index (χ2v) is 5.00. The van der Waals surface area contributed by atoms with Crippen LogP contribution >= 0.6 is 0 Å². The van der Waals surface area contributed by atoms with Gasteiger partial charge in [-0.3, -0.25) is 4.79 Å². The molecular formula is C14H17F3N2O2. The molecule has 0 radical (unpaired) electrons. The SMILES string of the molecule is O=C(C1Cc2ccccc2CN1)N(CCO)CC(F)(F)F. The molecule has 1 aromatic carbocycles. The van der Waals surface area contributed by atoms with E-state index in [4.69, 9.17) is 5.11 Å². The zero-order valence-electron chi connectivity index (χ0n) is 11.4. The first-order chi connectivity index (χ1) is 9.90. The number of halogens is 3. The summed E-state index contributed by atoms with van der Waals surface area (Å²) in [7, 11) is 0. The van der Waals surface area contributed by atoms with Gasteiger partial charge in [-0.15, -0.1) is 0 Å². The van der Waals surface area contributed by atoms with Crippen molar-refractivity contribution in [3.63, 3.8) is 0 Å². The molecule has 1 atom stereocenters. The van der Waals surface area contributed by atoms with Crippen LogP contribution in [0.25, 0.3) is 0 Å². The minimum Gasteiger partial charge on any atom is -0.395 e. The fourth-order valence-electron chi connectivity index (χ4n) is 2.45. The Bertz CT molecular complexity index is 505. The van der Waals surface area contributed by atoms with E-state index >= 15 is 0 Å². The molecule has 0 spiro atoms. The Morgan fingerprint density at radius 2 is 2.00 bits per heavy atom. The average molecular weight is 302 g/mol. The van der Waals surface area contributed by atoms with Crippen LogP contribution in [-0.4, -0.2) is 47.8 Å². The Labute approximate surface area is 120 Å². The van der Waals surface area contributed by atoms with E-state index in [1.807, 2.05) is 24.3 Å². The van der Waals surface area contributed by atoms with E-state index in [0.29, 0.717) is 17.9 Å². The summed E-state index contributed by atoms with van der Waals surface area (Å²) >= 11 is 0. The monoisotopic (exact) mass is 302 g/mol. The summed E-state index contributed by atoms with van der Waals surface area (Å²) in [5, 5.41) is 11.8. The quantitative estimate of drug-likeness (QED) is 0.875. The molecule has 1 aliphatic heterocycles. The molecule has 1 aliphatic rings. The van der Waals surface area contributed by atoms with E-state index < -0.39 is 31.3 Å². The maximum absolute atomic E-state index is 12.5. The molecule has 1 heterocycles. The predicted octanol–water partition coefficient (Wildman–Crippen LogP) is 1.08. The van der Waals surface area contributed by atoms with Gasteiger partial charge in [0.1, 0.15) is 6.54 Å². The highest BCUT2D eigenvalue weighted by molar-refractivity contribution is 5.82. The molecular weight excluding hydrogens is 285 g/mol. The molecule has 0 saturated carbocycles. The fraction of sp³-hybridized carbons (Fsp3) is 0.500. The van der Waals surface area contributed by atoms with Crippen molar-refractivity contribution in [1.82, 2.24) is 10.2 Å². The lowest BCUT2D eigenvalue weighted by Crippen LogP contribution is -2.52. The minimum absolute atomic E-state index is 0.321. The lowest BCUT2D eigenvalue weighted by molar-refractivity contribution is -0.163. The van der Waals surface area contributed by atoms with Crippen molar-refractivity contribution in [2.45, 2.75) is 25.2 Å². The predicted molar refractivity (Wildman–Crippen MR) is 70.5 cm³/mol. The number of nitrogens with zero attached hydrogens (tertiary/aromatic N) is 1. The second-order valence-electron chi connectivity index (χ2n) is 5.00. The maximum Gasteiger partial charge on any atom is 0.406 e. The number of amides is 1. The molecule has 2 N–H and O–H groups in total. The van der Waals surface area contributed by atoms with Gasteiger partial charge in [0.25, 0.3) is 0 Å². The summed E-state index contributed by atoms with van der Waals surface area (Å²) in [6.07, 6.45) is -4.12. The van der Waals surface area contributed by atoms with Gasteiger partial charge in [-0.25, -0.2) is 0 Å². The van der Waals surface area contributed by atoms with Crippen molar-refractivity contribution in [1.29, 1.82) is 0 Å². The topological polar surface area (TPSA) is 52.6 Å². The van der Waals surface area contributed by atoms with Crippen LogP contribution in [0.2, 0.25) is 0 Å². The van der Waals surface area contributed by atoms with Gasteiger partial charge in [-0.05, 0) is 17.5 Å². The van der Waals surface area contributed by atoms with E-state index in [2.05, 4.69) is 5.32 Å². The summed E-state index contributed by atoms with van der Waals surface area (Å²) in [4.78, 5) is 12.9. The van der Waals surface area contributed by atoms with Crippen LogP contribution in [0.3, 0.4) is 0 Å². The molecule has 0 aliphatic carbocycles. The summed E-state index contributed by atoms with van der Waals surface area (Å²) in [5.41, 5.74) is 2.01. The second kappa shape index (κ2) is 6.44. The van der Waals surface area contributed by atoms with Crippen LogP contribution in [0, 0.1) is 0 Å². The zero-order chi connectivity index (χ0) is 15.5. The maximum atomic E-state index is 12.5. The molecule has 1 amide bonds. The average Bonchev–Trinajstić information content (AvgIpc) is 2.44. The third-order valence-electron chi connectivity index (χ3n) is 3.43. The molecule has 21 heavy (non-hydrogen) atoms. The van der Waals surface area contributed by atoms with Crippen LogP contribution in [-0.2, 0) is 17.8 Å². The van der Waals surface area contributed by atoms with Gasteiger partial charge < -0.3 is 15.3 Å². The Kier molecular flexibility index (Phi) is 4.84. The molecule has 1 aromatic rings. The summed E-state index contributed by atoms with van der Waals surface area (Å²) < 4.78 is 37.5. The minimum atomic E-state index is -4.47. The van der Waals surface area contributed by atoms with Crippen molar-refractivity contribution >= 4 is 5.91 Å². The van der Waals surface area contributed by atoms with E-state index in [0.717, 1.165) is 11.1 Å². The standard InChI is InChI=1S/C14H17F3N2O2/c15-14(16,17)9-19(5-6-20)13(21)12-7-10-3-1-2-4-11(10)8-18-12/h1-4,12,18,20H,5-9H2. The van der Waals surface area contributed by atoms with Gasteiger partial charge >= 0.3 is 6.18 Å². The number of hydrogen-bond acceptors (Lipinski definition) is 3. The first-order valence-corrected chi connectivity index (χ1v) is 6.67. The number of carbonyl (C=O) groups is 1. The number of carbonyl (C=O) groups excluding carboxylic acids is 1. The van der Waals surface area contributed by atoms with E-state index in [1.165, 1.54) is 0 Å². The molecule has 1 unspecified atom stereocenters. The highest BCUT2D eigenvalue weighted by Crippen LogP contribution is 2.20. The molecule has 0 bridgehead atoms. The third-order valence-corrected chi connectivity index (χ3v) is 3.43. The van der Waals surface area contributed by atoms with Crippen molar-refractivity contribution < 1.29 is 23.1 Å². The number of nitrogens with one attached hydrogen (secondary N) is 1. The number of alkyl halides is 3. The van der Waals surface area contributed by atoms with Crippen LogP contribution in [0.1, 0.15) is 11.1 Å². The number of benzene rings is 1. The molecule has 0 saturated heterocycles. The number of rotatable bonds is 4. The van der Waals surface area contributed by atoms with Crippen molar-refractivity contribution in [3.8, 4) is 0 Å². The lowest BCUT2D eigenvalue weighted by Gasteiger charge is -2.31.